The fourth-order valence-corrected chi connectivity index (χ4v) is 2.11. The first kappa shape index (κ1) is 10.1. The van der Waals surface area contributed by atoms with E-state index in [0.29, 0.717) is 11.3 Å². The van der Waals surface area contributed by atoms with Gasteiger partial charge in [0.1, 0.15) is 11.3 Å². The molecule has 0 spiro atoms. The molecule has 0 N–H and O–H groups in total. The Morgan fingerprint density at radius 1 is 1.00 bits per heavy atom. The number of carbonyl (C=O) groups is 1. The zero-order valence-electron chi connectivity index (χ0n) is 9.69. The van der Waals surface area contributed by atoms with Gasteiger partial charge in [0.15, 0.2) is 0 Å². The lowest BCUT2D eigenvalue weighted by Gasteiger charge is -2.32. The molecule has 0 unspecified atom stereocenters. The van der Waals surface area contributed by atoms with Crippen LogP contribution in [0.4, 0.5) is 0 Å². The maximum absolute atomic E-state index is 12.0. The van der Waals surface area contributed by atoms with Gasteiger partial charge in [-0.25, -0.2) is 4.79 Å². The first-order chi connectivity index (χ1) is 8.07. The lowest BCUT2D eigenvalue weighted by molar-refractivity contribution is -0.127. The van der Waals surface area contributed by atoms with Gasteiger partial charge in [0.2, 0.25) is 5.79 Å². The molecule has 1 aliphatic heterocycles. The molecule has 1 heterocycles. The summed E-state index contributed by atoms with van der Waals surface area (Å²) < 4.78 is 10.9. The Balaban J connectivity index is 2.31. The topological polar surface area (TPSA) is 35.5 Å². The molecule has 0 bridgehead atoms. The summed E-state index contributed by atoms with van der Waals surface area (Å²) in [6.45, 7) is 3.45. The average molecular weight is 228 g/mol. The molecule has 3 rings (SSSR count). The van der Waals surface area contributed by atoms with Crippen LogP contribution in [-0.2, 0) is 4.74 Å². The molecule has 0 aromatic heterocycles. The number of ether oxygens (including phenoxy) is 2. The number of cyclic esters (lactones) is 1. The van der Waals surface area contributed by atoms with Crippen molar-refractivity contribution in [3.05, 3.63) is 42.0 Å². The van der Waals surface area contributed by atoms with Crippen LogP contribution in [0.1, 0.15) is 24.2 Å². The quantitative estimate of drug-likeness (QED) is 0.650. The maximum atomic E-state index is 12.0. The molecule has 0 atom stereocenters. The Kier molecular flexibility index (Phi) is 1.93. The van der Waals surface area contributed by atoms with Crippen molar-refractivity contribution in [2.75, 3.05) is 0 Å². The Hall–Kier alpha value is -2.03. The third-order valence-corrected chi connectivity index (χ3v) is 2.79. The van der Waals surface area contributed by atoms with Crippen LogP contribution in [0, 0.1) is 0 Å². The minimum Gasteiger partial charge on any atom is -0.452 e. The van der Waals surface area contributed by atoms with Crippen molar-refractivity contribution < 1.29 is 14.3 Å². The lowest BCUT2D eigenvalue weighted by Crippen LogP contribution is -2.38. The molecule has 2 aromatic carbocycles. The number of benzene rings is 2. The minimum absolute atomic E-state index is 0.326. The smallest absolute Gasteiger partial charge is 0.345 e. The van der Waals surface area contributed by atoms with Crippen molar-refractivity contribution in [1.29, 1.82) is 0 Å². The second-order valence-electron chi connectivity index (χ2n) is 4.55. The Morgan fingerprint density at radius 3 is 2.59 bits per heavy atom. The van der Waals surface area contributed by atoms with Crippen molar-refractivity contribution in [2.45, 2.75) is 19.6 Å². The molecule has 3 heteroatoms. The molecular weight excluding hydrogens is 216 g/mol. The van der Waals surface area contributed by atoms with Gasteiger partial charge >= 0.3 is 5.97 Å². The Labute approximate surface area is 99.0 Å². The van der Waals surface area contributed by atoms with Crippen molar-refractivity contribution in [2.24, 2.45) is 0 Å². The zero-order chi connectivity index (χ0) is 12.0. The van der Waals surface area contributed by atoms with E-state index in [9.17, 15) is 4.79 Å². The SMILES string of the molecule is CC1(C)OC(=O)c2c(ccc3ccccc23)O1. The first-order valence-electron chi connectivity index (χ1n) is 5.51. The molecule has 2 aromatic rings. The van der Waals surface area contributed by atoms with E-state index in [2.05, 4.69) is 0 Å². The number of hydrogen-bond donors (Lipinski definition) is 0. The van der Waals surface area contributed by atoms with E-state index in [1.807, 2.05) is 36.4 Å². The Morgan fingerprint density at radius 2 is 1.76 bits per heavy atom. The predicted octanol–water partition coefficient (Wildman–Crippen LogP) is 3.13. The van der Waals surface area contributed by atoms with Crippen LogP contribution >= 0.6 is 0 Å². The molecule has 86 valence electrons. The fraction of sp³-hybridized carbons (Fsp3) is 0.214. The van der Waals surface area contributed by atoms with Gasteiger partial charge in [-0.2, -0.15) is 0 Å². The molecule has 3 nitrogen and oxygen atoms in total. The van der Waals surface area contributed by atoms with Gasteiger partial charge in [0.05, 0.1) is 0 Å². The van der Waals surface area contributed by atoms with E-state index in [1.165, 1.54) is 0 Å². The zero-order valence-corrected chi connectivity index (χ0v) is 9.69. The van der Waals surface area contributed by atoms with E-state index in [-0.39, 0.29) is 5.97 Å². The number of fused-ring (bicyclic) bond motifs is 3. The third kappa shape index (κ3) is 1.55. The van der Waals surface area contributed by atoms with Crippen LogP contribution < -0.4 is 4.74 Å². The molecule has 0 radical (unpaired) electrons. The summed E-state index contributed by atoms with van der Waals surface area (Å²) in [4.78, 5) is 12.0. The van der Waals surface area contributed by atoms with Gasteiger partial charge in [0.25, 0.3) is 0 Å². The summed E-state index contributed by atoms with van der Waals surface area (Å²) in [7, 11) is 0. The van der Waals surface area contributed by atoms with E-state index in [1.54, 1.807) is 13.8 Å². The van der Waals surface area contributed by atoms with Crippen LogP contribution in [0.5, 0.6) is 5.75 Å². The molecule has 0 fully saturated rings. The van der Waals surface area contributed by atoms with Gasteiger partial charge in [-0.1, -0.05) is 30.3 Å². The van der Waals surface area contributed by atoms with Crippen LogP contribution in [0.3, 0.4) is 0 Å². The van der Waals surface area contributed by atoms with Gasteiger partial charge in [-0.05, 0) is 16.8 Å². The first-order valence-corrected chi connectivity index (χ1v) is 5.51. The normalized spacial score (nSPS) is 17.2. The molecule has 1 aliphatic rings. The van der Waals surface area contributed by atoms with Crippen molar-refractivity contribution >= 4 is 16.7 Å². The summed E-state index contributed by atoms with van der Waals surface area (Å²) >= 11 is 0. The minimum atomic E-state index is -0.896. The summed E-state index contributed by atoms with van der Waals surface area (Å²) in [5.41, 5.74) is 0.516. The monoisotopic (exact) mass is 228 g/mol. The van der Waals surface area contributed by atoms with Gasteiger partial charge in [-0.15, -0.1) is 0 Å². The van der Waals surface area contributed by atoms with Crippen LogP contribution in [0.15, 0.2) is 36.4 Å². The van der Waals surface area contributed by atoms with Gasteiger partial charge in [-0.3, -0.25) is 0 Å². The predicted molar refractivity (Wildman–Crippen MR) is 64.1 cm³/mol. The van der Waals surface area contributed by atoms with Crippen LogP contribution in [0.25, 0.3) is 10.8 Å². The van der Waals surface area contributed by atoms with E-state index >= 15 is 0 Å². The molecule has 17 heavy (non-hydrogen) atoms. The largest absolute Gasteiger partial charge is 0.452 e. The summed E-state index contributed by atoms with van der Waals surface area (Å²) in [6.07, 6.45) is 0. The second kappa shape index (κ2) is 3.23. The van der Waals surface area contributed by atoms with Gasteiger partial charge < -0.3 is 9.47 Å². The molecule has 0 aliphatic carbocycles. The highest BCUT2D eigenvalue weighted by Crippen LogP contribution is 2.35. The standard InChI is InChI=1S/C14H12O3/c1-14(2)16-11-8-7-9-5-3-4-6-10(9)12(11)13(15)17-14/h3-8H,1-2H3. The van der Waals surface area contributed by atoms with Crippen LogP contribution in [-0.4, -0.2) is 11.8 Å². The number of carbonyl (C=O) groups excluding carboxylic acids is 1. The van der Waals surface area contributed by atoms with E-state index in [4.69, 9.17) is 9.47 Å². The summed E-state index contributed by atoms with van der Waals surface area (Å²) in [6, 6.07) is 11.5. The highest BCUT2D eigenvalue weighted by Gasteiger charge is 2.34. The summed E-state index contributed by atoms with van der Waals surface area (Å²) in [5.74, 6) is -0.634. The van der Waals surface area contributed by atoms with Gasteiger partial charge in [0, 0.05) is 13.8 Å². The molecule has 0 amide bonds. The van der Waals surface area contributed by atoms with Crippen molar-refractivity contribution in [3.8, 4) is 5.75 Å². The molecule has 0 saturated carbocycles. The van der Waals surface area contributed by atoms with Crippen molar-refractivity contribution in [3.63, 3.8) is 0 Å². The highest BCUT2D eigenvalue weighted by molar-refractivity contribution is 6.07. The second-order valence-corrected chi connectivity index (χ2v) is 4.55. The average Bonchev–Trinajstić information content (AvgIpc) is 2.26. The van der Waals surface area contributed by atoms with Crippen LogP contribution in [0.2, 0.25) is 0 Å². The van der Waals surface area contributed by atoms with Crippen molar-refractivity contribution in [1.82, 2.24) is 0 Å². The molecule has 0 saturated heterocycles. The van der Waals surface area contributed by atoms with E-state index < -0.39 is 5.79 Å². The van der Waals surface area contributed by atoms with E-state index in [0.717, 1.165) is 10.8 Å². The maximum Gasteiger partial charge on any atom is 0.345 e. The highest BCUT2D eigenvalue weighted by atomic mass is 16.7. The Bertz CT molecular complexity index is 614. The third-order valence-electron chi connectivity index (χ3n) is 2.79. The fourth-order valence-electron chi connectivity index (χ4n) is 2.11. The molecular formula is C14H12O3. The number of esters is 1. The lowest BCUT2D eigenvalue weighted by atomic mass is 10.0. The number of hydrogen-bond acceptors (Lipinski definition) is 3. The number of rotatable bonds is 0. The summed E-state index contributed by atoms with van der Waals surface area (Å²) in [5, 5.41) is 1.87.